The maximum absolute atomic E-state index is 10.7. The third-order valence-corrected chi connectivity index (χ3v) is 6.48. The van der Waals surface area contributed by atoms with Crippen LogP contribution >= 0.6 is 0 Å². The summed E-state index contributed by atoms with van der Waals surface area (Å²) in [6.07, 6.45) is 7.39. The summed E-state index contributed by atoms with van der Waals surface area (Å²) in [4.78, 5) is 8.84. The molecule has 4 heteroatoms. The van der Waals surface area contributed by atoms with Gasteiger partial charge in [-0.3, -0.25) is 9.97 Å². The molecule has 2 aromatic heterocycles. The molecule has 0 radical (unpaired) electrons. The van der Waals surface area contributed by atoms with E-state index in [2.05, 4.69) is 36.8 Å². The first kappa shape index (κ1) is 17.6. The molecule has 0 amide bonds. The highest BCUT2D eigenvalue weighted by atomic mass is 16.3. The van der Waals surface area contributed by atoms with Crippen LogP contribution in [0.5, 0.6) is 0 Å². The number of pyridine rings is 2. The van der Waals surface area contributed by atoms with Gasteiger partial charge in [-0.2, -0.15) is 0 Å². The lowest BCUT2D eigenvalue weighted by atomic mass is 9.85. The van der Waals surface area contributed by atoms with Crippen molar-refractivity contribution in [2.75, 3.05) is 0 Å². The van der Waals surface area contributed by atoms with Crippen LogP contribution in [-0.4, -0.2) is 20.2 Å². The summed E-state index contributed by atoms with van der Waals surface area (Å²) < 4.78 is 0. The minimum atomic E-state index is -0.415. The van der Waals surface area contributed by atoms with Crippen LogP contribution in [0.25, 0.3) is 0 Å². The molecule has 0 bridgehead atoms. The summed E-state index contributed by atoms with van der Waals surface area (Å²) in [5.74, 6) is 1.25. The topological polar surface area (TPSA) is 66.2 Å². The van der Waals surface area contributed by atoms with Crippen molar-refractivity contribution >= 4 is 0 Å². The maximum Gasteiger partial charge on any atom is 0.0842 e. The molecular formula is C22H28N2O2. The van der Waals surface area contributed by atoms with Gasteiger partial charge in [-0.15, -0.1) is 0 Å². The van der Waals surface area contributed by atoms with Gasteiger partial charge in [-0.05, 0) is 71.8 Å². The second kappa shape index (κ2) is 6.75. The van der Waals surface area contributed by atoms with E-state index in [4.69, 9.17) is 0 Å². The minimum Gasteiger partial charge on any atom is -0.388 e. The van der Waals surface area contributed by atoms with Crippen LogP contribution in [0.2, 0.25) is 0 Å². The van der Waals surface area contributed by atoms with E-state index in [1.54, 1.807) is 6.20 Å². The SMILES string of the molecule is CC(C)C1Cc2ncc(CC(C)C3Cc4cnccc4C3O)cc2C1O. The van der Waals surface area contributed by atoms with Crippen molar-refractivity contribution in [3.05, 3.63) is 58.7 Å². The van der Waals surface area contributed by atoms with E-state index in [0.717, 1.165) is 41.6 Å². The van der Waals surface area contributed by atoms with Crippen LogP contribution < -0.4 is 0 Å². The lowest BCUT2D eigenvalue weighted by Gasteiger charge is -2.23. The number of hydrogen-bond donors (Lipinski definition) is 2. The third kappa shape index (κ3) is 2.95. The van der Waals surface area contributed by atoms with E-state index in [1.807, 2.05) is 18.5 Å². The van der Waals surface area contributed by atoms with Crippen LogP contribution in [0.4, 0.5) is 0 Å². The first-order valence-electron chi connectivity index (χ1n) is 9.72. The molecule has 2 aromatic rings. The molecule has 2 aliphatic rings. The number of aliphatic hydroxyl groups is 2. The number of aromatic nitrogens is 2. The highest BCUT2D eigenvalue weighted by Gasteiger charge is 2.36. The molecule has 0 fully saturated rings. The molecular weight excluding hydrogens is 324 g/mol. The molecule has 5 atom stereocenters. The summed E-state index contributed by atoms with van der Waals surface area (Å²) in [5.41, 5.74) is 5.40. The lowest BCUT2D eigenvalue weighted by molar-refractivity contribution is 0.0912. The summed E-state index contributed by atoms with van der Waals surface area (Å²) in [7, 11) is 0. The highest BCUT2D eigenvalue weighted by Crippen LogP contribution is 2.42. The van der Waals surface area contributed by atoms with Crippen molar-refractivity contribution in [1.29, 1.82) is 0 Å². The molecule has 0 saturated heterocycles. The Balaban J connectivity index is 1.49. The van der Waals surface area contributed by atoms with E-state index in [1.165, 1.54) is 5.56 Å². The fourth-order valence-electron chi connectivity index (χ4n) is 4.79. The molecule has 0 aliphatic heterocycles. The van der Waals surface area contributed by atoms with E-state index in [-0.39, 0.29) is 11.8 Å². The fraction of sp³-hybridized carbons (Fsp3) is 0.545. The molecule has 138 valence electrons. The van der Waals surface area contributed by atoms with Gasteiger partial charge in [0.2, 0.25) is 0 Å². The number of nitrogens with zero attached hydrogens (tertiary/aromatic N) is 2. The molecule has 0 spiro atoms. The molecule has 4 rings (SSSR count). The van der Waals surface area contributed by atoms with Crippen LogP contribution in [-0.2, 0) is 19.3 Å². The quantitative estimate of drug-likeness (QED) is 0.885. The molecule has 26 heavy (non-hydrogen) atoms. The first-order valence-corrected chi connectivity index (χ1v) is 9.72. The van der Waals surface area contributed by atoms with Gasteiger partial charge in [0.25, 0.3) is 0 Å². The maximum atomic E-state index is 10.7. The zero-order chi connectivity index (χ0) is 18.4. The average molecular weight is 352 g/mol. The standard InChI is InChI=1S/C22H28N2O2/c1-12(2)17-9-20-19(22(17)26)7-14(10-24-20)6-13(3)18-8-15-11-23-5-4-16(15)21(18)25/h4-5,7,10-13,17-18,21-22,25-26H,6,8-9H2,1-3H3. The van der Waals surface area contributed by atoms with Gasteiger partial charge < -0.3 is 10.2 Å². The summed E-state index contributed by atoms with van der Waals surface area (Å²) in [5, 5.41) is 21.4. The number of rotatable bonds is 4. The molecule has 4 nitrogen and oxygen atoms in total. The predicted molar refractivity (Wildman–Crippen MR) is 100 cm³/mol. The van der Waals surface area contributed by atoms with Crippen molar-refractivity contribution in [2.24, 2.45) is 23.7 Å². The van der Waals surface area contributed by atoms with Gasteiger partial charge in [0, 0.05) is 29.8 Å². The van der Waals surface area contributed by atoms with Gasteiger partial charge in [0.05, 0.1) is 12.2 Å². The van der Waals surface area contributed by atoms with Crippen molar-refractivity contribution < 1.29 is 10.2 Å². The zero-order valence-corrected chi connectivity index (χ0v) is 15.8. The Morgan fingerprint density at radius 2 is 1.81 bits per heavy atom. The number of aliphatic hydroxyl groups excluding tert-OH is 2. The van der Waals surface area contributed by atoms with Crippen molar-refractivity contribution in [3.8, 4) is 0 Å². The van der Waals surface area contributed by atoms with Crippen molar-refractivity contribution in [3.63, 3.8) is 0 Å². The monoisotopic (exact) mass is 352 g/mol. The smallest absolute Gasteiger partial charge is 0.0842 e. The Kier molecular flexibility index (Phi) is 4.57. The molecule has 0 saturated carbocycles. The largest absolute Gasteiger partial charge is 0.388 e. The Morgan fingerprint density at radius 1 is 1.04 bits per heavy atom. The molecule has 5 unspecified atom stereocenters. The molecule has 2 heterocycles. The van der Waals surface area contributed by atoms with Gasteiger partial charge >= 0.3 is 0 Å². The predicted octanol–water partition coefficient (Wildman–Crippen LogP) is 3.42. The normalized spacial score (nSPS) is 28.2. The van der Waals surface area contributed by atoms with Gasteiger partial charge in [0.1, 0.15) is 0 Å². The zero-order valence-electron chi connectivity index (χ0n) is 15.8. The van der Waals surface area contributed by atoms with Crippen LogP contribution in [0.1, 0.15) is 60.9 Å². The van der Waals surface area contributed by atoms with Gasteiger partial charge in [0.15, 0.2) is 0 Å². The van der Waals surface area contributed by atoms with E-state index in [9.17, 15) is 10.2 Å². The summed E-state index contributed by atoms with van der Waals surface area (Å²) in [6.45, 7) is 6.53. The van der Waals surface area contributed by atoms with Crippen molar-refractivity contribution in [2.45, 2.75) is 52.2 Å². The second-order valence-corrected chi connectivity index (χ2v) is 8.51. The van der Waals surface area contributed by atoms with E-state index in [0.29, 0.717) is 11.8 Å². The average Bonchev–Trinajstić information content (AvgIpc) is 3.13. The fourth-order valence-corrected chi connectivity index (χ4v) is 4.79. The Bertz CT molecular complexity index is 804. The van der Waals surface area contributed by atoms with Crippen LogP contribution in [0, 0.1) is 23.7 Å². The molecule has 0 aromatic carbocycles. The molecule has 2 aliphatic carbocycles. The summed E-state index contributed by atoms with van der Waals surface area (Å²) in [6, 6.07) is 4.08. The van der Waals surface area contributed by atoms with Crippen LogP contribution in [0.15, 0.2) is 30.7 Å². The second-order valence-electron chi connectivity index (χ2n) is 8.51. The first-order chi connectivity index (χ1) is 12.5. The van der Waals surface area contributed by atoms with Gasteiger partial charge in [-0.1, -0.05) is 20.8 Å². The Hall–Kier alpha value is -1.78. The van der Waals surface area contributed by atoms with Crippen LogP contribution in [0.3, 0.4) is 0 Å². The Morgan fingerprint density at radius 3 is 2.54 bits per heavy atom. The number of fused-ring (bicyclic) bond motifs is 2. The summed E-state index contributed by atoms with van der Waals surface area (Å²) >= 11 is 0. The van der Waals surface area contributed by atoms with Gasteiger partial charge in [-0.25, -0.2) is 0 Å². The molecule has 2 N–H and O–H groups in total. The van der Waals surface area contributed by atoms with E-state index >= 15 is 0 Å². The minimum absolute atomic E-state index is 0.204. The van der Waals surface area contributed by atoms with Crippen molar-refractivity contribution in [1.82, 2.24) is 9.97 Å². The third-order valence-electron chi connectivity index (χ3n) is 6.48. The van der Waals surface area contributed by atoms with E-state index < -0.39 is 12.2 Å². The Labute approximate surface area is 155 Å². The number of hydrogen-bond acceptors (Lipinski definition) is 4. The highest BCUT2D eigenvalue weighted by molar-refractivity contribution is 5.34. The lowest BCUT2D eigenvalue weighted by Crippen LogP contribution is -2.19.